The smallest absolute Gasteiger partial charge is 0.258 e. The molecule has 0 saturated heterocycles. The third-order valence-electron chi connectivity index (χ3n) is 4.10. The molecule has 0 unspecified atom stereocenters. The van der Waals surface area contributed by atoms with Crippen LogP contribution in [0.15, 0.2) is 60.0 Å². The standard InChI is InChI=1S/C21H21N3O4S/c1-26-17-7-6-14(18(27-2)19(17)28-3)13-29-21-16(5-4-10-23-21)20(25)24-15-8-11-22-12-9-15/h4-12H,13H2,1-3H3,(H,22,24,25). The summed E-state index contributed by atoms with van der Waals surface area (Å²) in [4.78, 5) is 21.0. The second-order valence-electron chi connectivity index (χ2n) is 5.83. The van der Waals surface area contributed by atoms with Crippen molar-refractivity contribution in [3.8, 4) is 17.2 Å². The number of benzene rings is 1. The summed E-state index contributed by atoms with van der Waals surface area (Å²) in [7, 11) is 4.73. The van der Waals surface area contributed by atoms with Crippen LogP contribution in [0.5, 0.6) is 17.2 Å². The normalized spacial score (nSPS) is 10.3. The van der Waals surface area contributed by atoms with Gasteiger partial charge in [0.05, 0.1) is 26.9 Å². The molecule has 0 fully saturated rings. The van der Waals surface area contributed by atoms with Gasteiger partial charge in [-0.3, -0.25) is 9.78 Å². The van der Waals surface area contributed by atoms with Gasteiger partial charge in [-0.1, -0.05) is 6.07 Å². The summed E-state index contributed by atoms with van der Waals surface area (Å²) in [5, 5.41) is 3.48. The third-order valence-corrected chi connectivity index (χ3v) is 5.16. The first kappa shape index (κ1) is 20.5. The van der Waals surface area contributed by atoms with Gasteiger partial charge in [0.25, 0.3) is 5.91 Å². The van der Waals surface area contributed by atoms with Crippen LogP contribution >= 0.6 is 11.8 Å². The van der Waals surface area contributed by atoms with E-state index in [1.807, 2.05) is 12.1 Å². The Morgan fingerprint density at radius 3 is 2.41 bits per heavy atom. The number of anilines is 1. The number of carbonyl (C=O) groups is 1. The third kappa shape index (κ3) is 4.78. The molecular formula is C21H21N3O4S. The molecule has 2 aromatic heterocycles. The SMILES string of the molecule is COc1ccc(CSc2ncccc2C(=O)Nc2ccncc2)c(OC)c1OC. The number of thioether (sulfide) groups is 1. The van der Waals surface area contributed by atoms with Crippen LogP contribution in [-0.2, 0) is 5.75 Å². The first-order valence-corrected chi connectivity index (χ1v) is 9.73. The van der Waals surface area contributed by atoms with Crippen LogP contribution in [0.25, 0.3) is 0 Å². The highest BCUT2D eigenvalue weighted by Gasteiger charge is 2.18. The van der Waals surface area contributed by atoms with Crippen LogP contribution in [0.3, 0.4) is 0 Å². The Morgan fingerprint density at radius 2 is 1.72 bits per heavy atom. The van der Waals surface area contributed by atoms with Gasteiger partial charge in [0.15, 0.2) is 11.5 Å². The number of methoxy groups -OCH3 is 3. The molecule has 150 valence electrons. The summed E-state index contributed by atoms with van der Waals surface area (Å²) >= 11 is 1.44. The van der Waals surface area contributed by atoms with Crippen molar-refractivity contribution in [2.75, 3.05) is 26.6 Å². The van der Waals surface area contributed by atoms with Crippen molar-refractivity contribution in [3.63, 3.8) is 0 Å². The van der Waals surface area contributed by atoms with E-state index in [2.05, 4.69) is 15.3 Å². The molecule has 0 aliphatic rings. The molecule has 3 aromatic rings. The monoisotopic (exact) mass is 411 g/mol. The van der Waals surface area contributed by atoms with Gasteiger partial charge in [0.1, 0.15) is 5.03 Å². The molecule has 0 aliphatic carbocycles. The van der Waals surface area contributed by atoms with Crippen LogP contribution in [0.1, 0.15) is 15.9 Å². The van der Waals surface area contributed by atoms with Gasteiger partial charge in [-0.25, -0.2) is 4.98 Å². The molecule has 0 spiro atoms. The fourth-order valence-electron chi connectivity index (χ4n) is 2.74. The molecule has 29 heavy (non-hydrogen) atoms. The fraction of sp³-hybridized carbons (Fsp3) is 0.190. The predicted octanol–water partition coefficient (Wildman–Crippen LogP) is 4.05. The molecule has 1 aromatic carbocycles. The minimum Gasteiger partial charge on any atom is -0.493 e. The number of nitrogens with zero attached hydrogens (tertiary/aromatic N) is 2. The highest BCUT2D eigenvalue weighted by molar-refractivity contribution is 7.98. The molecule has 0 atom stereocenters. The molecule has 0 aliphatic heterocycles. The van der Waals surface area contributed by atoms with Crippen LogP contribution in [-0.4, -0.2) is 37.2 Å². The van der Waals surface area contributed by atoms with Crippen molar-refractivity contribution in [2.24, 2.45) is 0 Å². The van der Waals surface area contributed by atoms with Crippen LogP contribution in [0.4, 0.5) is 5.69 Å². The summed E-state index contributed by atoms with van der Waals surface area (Å²) in [6.07, 6.45) is 4.91. The van der Waals surface area contributed by atoms with Gasteiger partial charge in [-0.05, 0) is 30.3 Å². The number of hydrogen-bond donors (Lipinski definition) is 1. The number of rotatable bonds is 8. The molecule has 1 amide bonds. The zero-order chi connectivity index (χ0) is 20.6. The van der Waals surface area contributed by atoms with Crippen molar-refractivity contribution in [1.29, 1.82) is 0 Å². The predicted molar refractivity (Wildman–Crippen MR) is 112 cm³/mol. The lowest BCUT2D eigenvalue weighted by Gasteiger charge is -2.16. The number of aromatic nitrogens is 2. The number of hydrogen-bond acceptors (Lipinski definition) is 7. The molecular weight excluding hydrogens is 390 g/mol. The fourth-order valence-corrected chi connectivity index (χ4v) is 3.71. The Hall–Kier alpha value is -3.26. The molecule has 7 nitrogen and oxygen atoms in total. The first-order chi connectivity index (χ1) is 14.2. The zero-order valence-corrected chi connectivity index (χ0v) is 17.2. The van der Waals surface area contributed by atoms with E-state index in [-0.39, 0.29) is 5.91 Å². The highest BCUT2D eigenvalue weighted by Crippen LogP contribution is 2.41. The molecule has 0 radical (unpaired) electrons. The maximum atomic E-state index is 12.7. The van der Waals surface area contributed by atoms with Crippen LogP contribution in [0.2, 0.25) is 0 Å². The molecule has 3 rings (SSSR count). The van der Waals surface area contributed by atoms with E-state index >= 15 is 0 Å². The van der Waals surface area contributed by atoms with Crippen LogP contribution in [0, 0.1) is 0 Å². The first-order valence-electron chi connectivity index (χ1n) is 8.75. The lowest BCUT2D eigenvalue weighted by atomic mass is 10.2. The number of nitrogens with one attached hydrogen (secondary N) is 1. The number of ether oxygens (including phenoxy) is 3. The van der Waals surface area contributed by atoms with Gasteiger partial charge < -0.3 is 19.5 Å². The molecule has 2 heterocycles. The maximum Gasteiger partial charge on any atom is 0.258 e. The number of carbonyl (C=O) groups excluding carboxylic acids is 1. The molecule has 1 N–H and O–H groups in total. The summed E-state index contributed by atoms with van der Waals surface area (Å²) in [5.74, 6) is 2.03. The Kier molecular flexibility index (Phi) is 6.91. The quantitative estimate of drug-likeness (QED) is 0.560. The lowest BCUT2D eigenvalue weighted by Crippen LogP contribution is -2.13. The largest absolute Gasteiger partial charge is 0.493 e. The van der Waals surface area contributed by atoms with Crippen molar-refractivity contribution >= 4 is 23.4 Å². The Morgan fingerprint density at radius 1 is 0.966 bits per heavy atom. The summed E-state index contributed by atoms with van der Waals surface area (Å²) in [6.45, 7) is 0. The van der Waals surface area contributed by atoms with Crippen molar-refractivity contribution in [3.05, 3.63) is 66.1 Å². The average Bonchev–Trinajstić information content (AvgIpc) is 2.77. The second-order valence-corrected chi connectivity index (χ2v) is 6.79. The Balaban J connectivity index is 1.81. The van der Waals surface area contributed by atoms with Gasteiger partial charge in [0.2, 0.25) is 5.75 Å². The van der Waals surface area contributed by atoms with E-state index in [9.17, 15) is 4.79 Å². The van der Waals surface area contributed by atoms with Gasteiger partial charge >= 0.3 is 0 Å². The van der Waals surface area contributed by atoms with E-state index in [1.54, 1.807) is 64.2 Å². The zero-order valence-electron chi connectivity index (χ0n) is 16.3. The summed E-state index contributed by atoms with van der Waals surface area (Å²) in [6, 6.07) is 10.7. The van der Waals surface area contributed by atoms with E-state index in [4.69, 9.17) is 14.2 Å². The topological polar surface area (TPSA) is 82.6 Å². The maximum absolute atomic E-state index is 12.7. The van der Waals surface area contributed by atoms with E-state index < -0.39 is 0 Å². The lowest BCUT2D eigenvalue weighted by molar-refractivity contribution is 0.102. The summed E-state index contributed by atoms with van der Waals surface area (Å²) < 4.78 is 16.3. The Labute approximate surface area is 173 Å². The molecule has 0 bridgehead atoms. The van der Waals surface area contributed by atoms with Gasteiger partial charge in [0, 0.05) is 35.6 Å². The minimum absolute atomic E-state index is 0.230. The second kappa shape index (κ2) is 9.79. The van der Waals surface area contributed by atoms with Gasteiger partial charge in [-0.2, -0.15) is 0 Å². The van der Waals surface area contributed by atoms with Crippen molar-refractivity contribution in [1.82, 2.24) is 9.97 Å². The molecule has 8 heteroatoms. The van der Waals surface area contributed by atoms with Crippen molar-refractivity contribution < 1.29 is 19.0 Å². The minimum atomic E-state index is -0.230. The molecule has 0 saturated carbocycles. The van der Waals surface area contributed by atoms with E-state index in [0.29, 0.717) is 39.3 Å². The number of amides is 1. The average molecular weight is 411 g/mol. The Bertz CT molecular complexity index is 983. The highest BCUT2D eigenvalue weighted by atomic mass is 32.2. The number of pyridine rings is 2. The van der Waals surface area contributed by atoms with Crippen LogP contribution < -0.4 is 19.5 Å². The van der Waals surface area contributed by atoms with E-state index in [0.717, 1.165) is 5.56 Å². The van der Waals surface area contributed by atoms with Gasteiger partial charge in [-0.15, -0.1) is 11.8 Å². The van der Waals surface area contributed by atoms with Crippen molar-refractivity contribution in [2.45, 2.75) is 10.8 Å². The van der Waals surface area contributed by atoms with E-state index in [1.165, 1.54) is 11.8 Å². The summed E-state index contributed by atoms with van der Waals surface area (Å²) in [5.41, 5.74) is 2.07.